The Hall–Kier alpha value is -2.56. The molecule has 0 radical (unpaired) electrons. The van der Waals surface area contributed by atoms with Crippen LogP contribution < -0.4 is 4.74 Å². The Balaban J connectivity index is 1.80. The van der Waals surface area contributed by atoms with Crippen molar-refractivity contribution in [3.05, 3.63) is 52.3 Å². The number of hydrogen-bond donors (Lipinski definition) is 0. The summed E-state index contributed by atoms with van der Waals surface area (Å²) in [6.07, 6.45) is 21.2. The van der Waals surface area contributed by atoms with Gasteiger partial charge in [0.2, 0.25) is 0 Å². The van der Waals surface area contributed by atoms with Gasteiger partial charge in [-0.25, -0.2) is 0 Å². The molecule has 0 fully saturated rings. The minimum atomic E-state index is -0.232. The van der Waals surface area contributed by atoms with E-state index < -0.39 is 0 Å². The molecule has 1 heterocycles. The monoisotopic (exact) mass is 567 g/mol. The second-order valence-corrected chi connectivity index (χ2v) is 11.7. The van der Waals surface area contributed by atoms with Gasteiger partial charge in [-0.2, -0.15) is 0 Å². The third-order valence-corrected chi connectivity index (χ3v) is 8.48. The molecule has 0 aliphatic rings. The number of nitrogens with zero attached hydrogens (tertiary/aromatic N) is 1. The van der Waals surface area contributed by atoms with Gasteiger partial charge in [-0.3, -0.25) is 9.59 Å². The van der Waals surface area contributed by atoms with Crippen molar-refractivity contribution in [2.24, 2.45) is 0 Å². The Labute approximate surface area is 250 Å². The predicted octanol–water partition coefficient (Wildman–Crippen LogP) is 9.71. The van der Waals surface area contributed by atoms with E-state index in [0.29, 0.717) is 25.8 Å². The lowest BCUT2D eigenvalue weighted by Crippen LogP contribution is -2.10. The number of carbonyl (C=O) groups is 2. The van der Waals surface area contributed by atoms with Crippen LogP contribution >= 0.6 is 0 Å². The Kier molecular flexibility index (Phi) is 17.2. The van der Waals surface area contributed by atoms with Gasteiger partial charge in [0.15, 0.2) is 5.78 Å². The average molecular weight is 568 g/mol. The first-order valence-corrected chi connectivity index (χ1v) is 16.3. The standard InChI is InChI=1S/C36H57NO4/c1-6-7-8-9-10-11-12-13-14-15-16-17-18-19-20-21-34(38)36-29(2)33(26-27-35(39)41-5)37(30(36)3)28-31-22-24-32(40-4)25-23-31/h22-25H,6-21,26-28H2,1-5H3. The minimum absolute atomic E-state index is 0.225. The fourth-order valence-electron chi connectivity index (χ4n) is 5.92. The van der Waals surface area contributed by atoms with Crippen molar-refractivity contribution >= 4 is 11.8 Å². The highest BCUT2D eigenvalue weighted by Gasteiger charge is 2.23. The molecule has 2 rings (SSSR count). The molecule has 1 aromatic carbocycles. The van der Waals surface area contributed by atoms with E-state index in [0.717, 1.165) is 46.7 Å². The van der Waals surface area contributed by atoms with Gasteiger partial charge in [-0.05, 0) is 49.9 Å². The van der Waals surface area contributed by atoms with E-state index in [-0.39, 0.29) is 11.8 Å². The summed E-state index contributed by atoms with van der Waals surface area (Å²) >= 11 is 0. The molecule has 0 saturated carbocycles. The van der Waals surface area contributed by atoms with Crippen molar-refractivity contribution in [2.45, 2.75) is 143 Å². The number of ketones is 1. The Morgan fingerprint density at radius 3 is 1.71 bits per heavy atom. The maximum atomic E-state index is 13.4. The Morgan fingerprint density at radius 2 is 1.22 bits per heavy atom. The molecule has 5 nitrogen and oxygen atoms in total. The number of hydrogen-bond acceptors (Lipinski definition) is 4. The summed E-state index contributed by atoms with van der Waals surface area (Å²) < 4.78 is 12.4. The number of Topliss-reactive ketones (excluding diaryl/α,β-unsaturated/α-hetero) is 1. The van der Waals surface area contributed by atoms with E-state index >= 15 is 0 Å². The van der Waals surface area contributed by atoms with Crippen LogP contribution in [0, 0.1) is 13.8 Å². The molecular weight excluding hydrogens is 510 g/mol. The van der Waals surface area contributed by atoms with Crippen molar-refractivity contribution in [1.29, 1.82) is 0 Å². The smallest absolute Gasteiger partial charge is 0.305 e. The molecule has 0 saturated heterocycles. The van der Waals surface area contributed by atoms with E-state index in [1.165, 1.54) is 90.6 Å². The molecule has 0 N–H and O–H groups in total. The zero-order chi connectivity index (χ0) is 29.9. The fourth-order valence-corrected chi connectivity index (χ4v) is 5.92. The SMILES string of the molecule is CCCCCCCCCCCCCCCCCC(=O)c1c(C)c(CCC(=O)OC)n(Cc2ccc(OC)cc2)c1C. The van der Waals surface area contributed by atoms with E-state index in [4.69, 9.17) is 9.47 Å². The van der Waals surface area contributed by atoms with Gasteiger partial charge < -0.3 is 14.0 Å². The van der Waals surface area contributed by atoms with E-state index in [1.807, 2.05) is 26.0 Å². The second kappa shape index (κ2) is 20.3. The van der Waals surface area contributed by atoms with Crippen molar-refractivity contribution in [3.8, 4) is 5.75 Å². The van der Waals surface area contributed by atoms with Crippen LogP contribution in [-0.4, -0.2) is 30.5 Å². The summed E-state index contributed by atoms with van der Waals surface area (Å²) in [5, 5.41) is 0. The Morgan fingerprint density at radius 1 is 0.707 bits per heavy atom. The third kappa shape index (κ3) is 12.5. The average Bonchev–Trinajstić information content (AvgIpc) is 3.21. The molecule has 41 heavy (non-hydrogen) atoms. The maximum Gasteiger partial charge on any atom is 0.305 e. The van der Waals surface area contributed by atoms with E-state index in [1.54, 1.807) is 7.11 Å². The van der Waals surface area contributed by atoms with Gasteiger partial charge in [0.1, 0.15) is 5.75 Å². The number of methoxy groups -OCH3 is 2. The number of ether oxygens (including phenoxy) is 2. The third-order valence-electron chi connectivity index (χ3n) is 8.48. The normalized spacial score (nSPS) is 11.1. The molecule has 0 aliphatic heterocycles. The summed E-state index contributed by atoms with van der Waals surface area (Å²) in [5.74, 6) is 0.812. The predicted molar refractivity (Wildman–Crippen MR) is 170 cm³/mol. The van der Waals surface area contributed by atoms with Crippen molar-refractivity contribution in [3.63, 3.8) is 0 Å². The summed E-state index contributed by atoms with van der Waals surface area (Å²) in [7, 11) is 3.08. The molecule has 0 bridgehead atoms. The second-order valence-electron chi connectivity index (χ2n) is 11.7. The zero-order valence-electron chi connectivity index (χ0n) is 26.8. The number of rotatable bonds is 23. The lowest BCUT2D eigenvalue weighted by molar-refractivity contribution is -0.140. The van der Waals surface area contributed by atoms with Crippen molar-refractivity contribution in [2.75, 3.05) is 14.2 Å². The molecule has 2 aromatic rings. The number of benzene rings is 1. The van der Waals surface area contributed by atoms with Crippen LogP contribution in [0.4, 0.5) is 0 Å². The highest BCUT2D eigenvalue weighted by Crippen LogP contribution is 2.27. The Bertz CT molecular complexity index is 1020. The van der Waals surface area contributed by atoms with Crippen molar-refractivity contribution < 1.29 is 19.1 Å². The molecule has 1 aromatic heterocycles. The van der Waals surface area contributed by atoms with Gasteiger partial charge in [-0.15, -0.1) is 0 Å². The van der Waals surface area contributed by atoms with Crippen LogP contribution in [0.1, 0.15) is 149 Å². The molecule has 230 valence electrons. The lowest BCUT2D eigenvalue weighted by atomic mass is 9.99. The molecule has 0 spiro atoms. The van der Waals surface area contributed by atoms with Crippen LogP contribution in [0.3, 0.4) is 0 Å². The quantitative estimate of drug-likeness (QED) is 0.0762. The zero-order valence-corrected chi connectivity index (χ0v) is 26.8. The van der Waals surface area contributed by atoms with Crippen LogP contribution in [0.15, 0.2) is 24.3 Å². The van der Waals surface area contributed by atoms with Gasteiger partial charge in [0.25, 0.3) is 0 Å². The van der Waals surface area contributed by atoms with Gasteiger partial charge in [-0.1, -0.05) is 109 Å². The molecule has 0 unspecified atom stereocenters. The number of esters is 1. The molecule has 5 heteroatoms. The molecular formula is C36H57NO4. The first-order valence-electron chi connectivity index (χ1n) is 16.3. The summed E-state index contributed by atoms with van der Waals surface area (Å²) in [4.78, 5) is 25.3. The van der Waals surface area contributed by atoms with Crippen LogP contribution in [-0.2, 0) is 22.5 Å². The summed E-state index contributed by atoms with van der Waals surface area (Å²) in [6, 6.07) is 8.01. The summed E-state index contributed by atoms with van der Waals surface area (Å²) in [5.41, 5.74) is 5.01. The van der Waals surface area contributed by atoms with Crippen molar-refractivity contribution in [1.82, 2.24) is 4.57 Å². The van der Waals surface area contributed by atoms with Crippen LogP contribution in [0.2, 0.25) is 0 Å². The van der Waals surface area contributed by atoms with Crippen LogP contribution in [0.25, 0.3) is 0 Å². The molecule has 0 amide bonds. The highest BCUT2D eigenvalue weighted by molar-refractivity contribution is 5.99. The summed E-state index contributed by atoms with van der Waals surface area (Å²) in [6.45, 7) is 7.00. The molecule has 0 aliphatic carbocycles. The van der Waals surface area contributed by atoms with Gasteiger partial charge in [0.05, 0.1) is 20.6 Å². The van der Waals surface area contributed by atoms with Crippen LogP contribution in [0.5, 0.6) is 5.75 Å². The maximum absolute atomic E-state index is 13.4. The van der Waals surface area contributed by atoms with Gasteiger partial charge in [0, 0.05) is 29.9 Å². The topological polar surface area (TPSA) is 57.5 Å². The van der Waals surface area contributed by atoms with Gasteiger partial charge >= 0.3 is 5.97 Å². The molecule has 0 atom stereocenters. The number of unbranched alkanes of at least 4 members (excludes halogenated alkanes) is 14. The largest absolute Gasteiger partial charge is 0.497 e. The lowest BCUT2D eigenvalue weighted by Gasteiger charge is -2.13. The highest BCUT2D eigenvalue weighted by atomic mass is 16.5. The van der Waals surface area contributed by atoms with E-state index in [9.17, 15) is 9.59 Å². The fraction of sp³-hybridized carbons (Fsp3) is 0.667. The minimum Gasteiger partial charge on any atom is -0.497 e. The number of aromatic nitrogens is 1. The van der Waals surface area contributed by atoms with E-state index in [2.05, 4.69) is 23.6 Å². The number of carbonyl (C=O) groups excluding carboxylic acids is 2. The first kappa shape index (κ1) is 34.6. The first-order chi connectivity index (χ1) is 19.9.